The number of primary amides is 1. The highest BCUT2D eigenvalue weighted by Gasteiger charge is 2.57. The van der Waals surface area contributed by atoms with Crippen LogP contribution in [0.2, 0.25) is 0 Å². The number of pyridine rings is 1. The Kier molecular flexibility index (Phi) is 6.47. The SMILES string of the molecule is CC1(C)O[C@@H]2[C@H](O1)C(CO[P]1(O)OCCC(c3cccnc3)O1)O[C@H]2N1C=CCC(C(N)=O)=C1. The highest BCUT2D eigenvalue weighted by molar-refractivity contribution is 7.55. The van der Waals surface area contributed by atoms with Gasteiger partial charge in [-0.05, 0) is 31.9 Å². The van der Waals surface area contributed by atoms with E-state index in [2.05, 4.69) is 4.98 Å². The smallest absolute Gasteiger partial charge is 0.366 e. The molecule has 0 saturated carbocycles. The molecule has 3 unspecified atom stereocenters. The van der Waals surface area contributed by atoms with E-state index < -0.39 is 44.4 Å². The zero-order valence-corrected chi connectivity index (χ0v) is 19.9. The molecule has 3 saturated heterocycles. The first-order valence-corrected chi connectivity index (χ1v) is 12.7. The monoisotopic (exact) mass is 494 g/mol. The second kappa shape index (κ2) is 9.25. The van der Waals surface area contributed by atoms with Crippen LogP contribution in [0.5, 0.6) is 0 Å². The first kappa shape index (κ1) is 23.8. The van der Waals surface area contributed by atoms with Crippen LogP contribution in [0.3, 0.4) is 0 Å². The van der Waals surface area contributed by atoms with Crippen LogP contribution < -0.4 is 5.73 Å². The molecule has 5 rings (SSSR count). The average molecular weight is 494 g/mol. The number of nitrogens with two attached hydrogens (primary N) is 1. The number of amides is 1. The normalized spacial score (nSPS) is 36.9. The molecular weight excluding hydrogens is 465 g/mol. The van der Waals surface area contributed by atoms with Crippen molar-refractivity contribution in [2.75, 3.05) is 13.2 Å². The third kappa shape index (κ3) is 4.89. The molecule has 0 aliphatic carbocycles. The molecule has 4 aliphatic rings. The molecule has 1 amide bonds. The number of rotatable bonds is 6. The standard InChI is InChI=1S/C22H29N3O8P/c1-22(2)31-18-17(30-21(19(18)32-22)25-9-4-6-15(12-25)20(23)26)13-29-34(27)28-10-7-16(33-34)14-5-3-8-24-11-14/h3-5,8-9,11-12,16-19,21,27H,6-7,10,13H2,1-2H3,(H2,23,26)/t16?,17?,18-,19-,21-/m1/s1. The fraction of sp³-hybridized carbons (Fsp3) is 0.545. The van der Waals surface area contributed by atoms with Crippen molar-refractivity contribution in [3.8, 4) is 0 Å². The van der Waals surface area contributed by atoms with E-state index in [0.29, 0.717) is 18.4 Å². The largest absolute Gasteiger partial charge is 0.378 e. The Balaban J connectivity index is 1.28. The molecule has 11 nitrogen and oxygen atoms in total. The van der Waals surface area contributed by atoms with Gasteiger partial charge in [-0.1, -0.05) is 12.1 Å². The van der Waals surface area contributed by atoms with Crippen LogP contribution in [0.25, 0.3) is 0 Å². The van der Waals surface area contributed by atoms with Crippen LogP contribution in [0.15, 0.2) is 48.6 Å². The van der Waals surface area contributed by atoms with Crippen molar-refractivity contribution in [1.29, 1.82) is 0 Å². The Morgan fingerprint density at radius 1 is 1.38 bits per heavy atom. The third-order valence-corrected chi connectivity index (χ3v) is 7.51. The summed E-state index contributed by atoms with van der Waals surface area (Å²) < 4.78 is 35.6. The fourth-order valence-corrected chi connectivity index (χ4v) is 5.90. The summed E-state index contributed by atoms with van der Waals surface area (Å²) in [5.41, 5.74) is 6.77. The predicted octanol–water partition coefficient (Wildman–Crippen LogP) is 2.08. The first-order valence-electron chi connectivity index (χ1n) is 11.2. The van der Waals surface area contributed by atoms with Gasteiger partial charge in [0.2, 0.25) is 5.91 Å². The summed E-state index contributed by atoms with van der Waals surface area (Å²) in [4.78, 5) is 28.5. The molecule has 185 valence electrons. The maximum absolute atomic E-state index is 11.7. The maximum atomic E-state index is 11.7. The summed E-state index contributed by atoms with van der Waals surface area (Å²) in [6.45, 7) is 3.90. The van der Waals surface area contributed by atoms with Crippen molar-refractivity contribution in [3.63, 3.8) is 0 Å². The Bertz CT molecular complexity index is 976. The number of aromatic nitrogens is 1. The lowest BCUT2D eigenvalue weighted by Gasteiger charge is -2.37. The predicted molar refractivity (Wildman–Crippen MR) is 119 cm³/mol. The van der Waals surface area contributed by atoms with Crippen molar-refractivity contribution >= 4 is 14.1 Å². The van der Waals surface area contributed by atoms with Gasteiger partial charge in [-0.15, -0.1) is 0 Å². The van der Waals surface area contributed by atoms with Gasteiger partial charge in [0.15, 0.2) is 12.0 Å². The van der Waals surface area contributed by atoms with E-state index in [1.165, 1.54) is 0 Å². The Morgan fingerprint density at radius 3 is 2.97 bits per heavy atom. The molecule has 4 aliphatic heterocycles. The molecule has 0 spiro atoms. The summed E-state index contributed by atoms with van der Waals surface area (Å²) >= 11 is 0. The van der Waals surface area contributed by atoms with E-state index in [4.69, 9.17) is 33.5 Å². The number of carbonyl (C=O) groups is 1. The molecule has 1 radical (unpaired) electrons. The van der Waals surface area contributed by atoms with E-state index in [1.54, 1.807) is 23.5 Å². The van der Waals surface area contributed by atoms with Crippen LogP contribution in [-0.2, 0) is 32.6 Å². The van der Waals surface area contributed by atoms with E-state index in [1.807, 2.05) is 38.3 Å². The first-order chi connectivity index (χ1) is 16.2. The lowest BCUT2D eigenvalue weighted by molar-refractivity contribution is -0.202. The second-order valence-corrected chi connectivity index (χ2v) is 10.6. The minimum Gasteiger partial charge on any atom is -0.366 e. The van der Waals surface area contributed by atoms with Crippen LogP contribution in [0, 0.1) is 0 Å². The van der Waals surface area contributed by atoms with Gasteiger partial charge in [0.25, 0.3) is 0 Å². The molecule has 5 heterocycles. The number of allylic oxidation sites excluding steroid dienone is 1. The zero-order chi connectivity index (χ0) is 23.9. The van der Waals surface area contributed by atoms with Crippen molar-refractivity contribution in [2.24, 2.45) is 5.73 Å². The van der Waals surface area contributed by atoms with Gasteiger partial charge in [-0.3, -0.25) is 23.3 Å². The zero-order valence-electron chi connectivity index (χ0n) is 19.0. The molecule has 1 aromatic rings. The van der Waals surface area contributed by atoms with Crippen LogP contribution in [-0.4, -0.2) is 64.2 Å². The van der Waals surface area contributed by atoms with E-state index in [0.717, 1.165) is 5.56 Å². The molecule has 3 fully saturated rings. The van der Waals surface area contributed by atoms with Gasteiger partial charge in [-0.2, -0.15) is 0 Å². The summed E-state index contributed by atoms with van der Waals surface area (Å²) in [6.07, 6.45) is 7.25. The second-order valence-electron chi connectivity index (χ2n) is 8.95. The van der Waals surface area contributed by atoms with Crippen molar-refractivity contribution in [2.45, 2.75) is 63.1 Å². The van der Waals surface area contributed by atoms with Gasteiger partial charge < -0.3 is 29.7 Å². The molecule has 0 bridgehead atoms. The molecule has 0 aromatic carbocycles. The molecule has 1 aromatic heterocycles. The Morgan fingerprint density at radius 2 is 2.21 bits per heavy atom. The minimum atomic E-state index is -3.59. The summed E-state index contributed by atoms with van der Waals surface area (Å²) in [7, 11) is -3.59. The Hall–Kier alpha value is -1.95. The van der Waals surface area contributed by atoms with E-state index in [-0.39, 0.29) is 19.3 Å². The minimum absolute atomic E-state index is 0.0366. The number of hydrogen-bond donors (Lipinski definition) is 2. The van der Waals surface area contributed by atoms with Gasteiger partial charge in [0, 0.05) is 36.8 Å². The molecule has 34 heavy (non-hydrogen) atoms. The highest BCUT2D eigenvalue weighted by Crippen LogP contribution is 2.64. The Labute approximate surface area is 198 Å². The lowest BCUT2D eigenvalue weighted by atomic mass is 10.1. The summed E-state index contributed by atoms with van der Waals surface area (Å²) in [6, 6.07) is 3.69. The molecule has 3 N–H and O–H groups in total. The number of ether oxygens (including phenoxy) is 3. The third-order valence-electron chi connectivity index (χ3n) is 6.01. The van der Waals surface area contributed by atoms with Gasteiger partial charge in [0.1, 0.15) is 18.3 Å². The highest BCUT2D eigenvalue weighted by atomic mass is 31.2. The number of fused-ring (bicyclic) bond motifs is 1. The van der Waals surface area contributed by atoms with Crippen molar-refractivity contribution in [1.82, 2.24) is 9.88 Å². The number of hydrogen-bond acceptors (Lipinski definition) is 10. The quantitative estimate of drug-likeness (QED) is 0.566. The van der Waals surface area contributed by atoms with Crippen molar-refractivity contribution in [3.05, 3.63) is 54.1 Å². The van der Waals surface area contributed by atoms with Gasteiger partial charge in [-0.25, -0.2) is 0 Å². The average Bonchev–Trinajstić information content (AvgIpc) is 3.31. The number of nitrogens with zero attached hydrogens (tertiary/aromatic N) is 2. The van der Waals surface area contributed by atoms with Gasteiger partial charge >= 0.3 is 8.17 Å². The van der Waals surface area contributed by atoms with E-state index >= 15 is 0 Å². The van der Waals surface area contributed by atoms with Gasteiger partial charge in [0.05, 0.1) is 19.3 Å². The topological polar surface area (TPSA) is 135 Å². The van der Waals surface area contributed by atoms with E-state index in [9.17, 15) is 9.69 Å². The lowest BCUT2D eigenvalue weighted by Crippen LogP contribution is -2.40. The summed E-state index contributed by atoms with van der Waals surface area (Å²) in [5, 5.41) is 0. The fourth-order valence-electron chi connectivity index (χ4n) is 4.48. The molecule has 6 atom stereocenters. The molecular formula is C22H29N3O8P. The molecule has 12 heteroatoms. The van der Waals surface area contributed by atoms with Crippen molar-refractivity contribution < 1.29 is 37.5 Å². The van der Waals surface area contributed by atoms with Crippen LogP contribution >= 0.6 is 8.17 Å². The number of carbonyl (C=O) groups excluding carboxylic acids is 1. The summed E-state index contributed by atoms with van der Waals surface area (Å²) in [5.74, 6) is -1.32. The maximum Gasteiger partial charge on any atom is 0.378 e. The van der Waals surface area contributed by atoms with Crippen LogP contribution in [0.4, 0.5) is 0 Å². The van der Waals surface area contributed by atoms with Crippen LogP contribution in [0.1, 0.15) is 38.4 Å².